The number of aromatic nitrogens is 1. The molecule has 3 heteroatoms. The van der Waals surface area contributed by atoms with Gasteiger partial charge in [0.15, 0.2) is 0 Å². The monoisotopic (exact) mass is 214 g/mol. The Morgan fingerprint density at radius 2 is 1.75 bits per heavy atom. The number of rotatable bonds is 4. The first-order valence-electron chi connectivity index (χ1n) is 5.26. The molecule has 2 rings (SSSR count). The second-order valence-electron chi connectivity index (χ2n) is 3.40. The minimum Gasteiger partial charge on any atom is -0.395 e. The molecule has 0 fully saturated rings. The van der Waals surface area contributed by atoms with Crippen molar-refractivity contribution in [2.24, 2.45) is 0 Å². The van der Waals surface area contributed by atoms with Gasteiger partial charge in [-0.1, -0.05) is 24.3 Å². The van der Waals surface area contributed by atoms with E-state index in [0.717, 1.165) is 11.5 Å². The number of nitrogens with zero attached hydrogens (tertiary/aromatic N) is 2. The van der Waals surface area contributed by atoms with Crippen molar-refractivity contribution in [3.8, 4) is 0 Å². The normalized spacial score (nSPS) is 10.1. The van der Waals surface area contributed by atoms with E-state index in [-0.39, 0.29) is 6.61 Å². The number of aliphatic hydroxyl groups is 1. The SMILES string of the molecule is OCCN(c1ccccc1)c1ccccn1. The molecule has 1 N–H and O–H groups in total. The van der Waals surface area contributed by atoms with Crippen molar-refractivity contribution in [3.63, 3.8) is 0 Å². The van der Waals surface area contributed by atoms with E-state index in [0.29, 0.717) is 6.54 Å². The Kier molecular flexibility index (Phi) is 3.51. The van der Waals surface area contributed by atoms with Gasteiger partial charge in [0.1, 0.15) is 5.82 Å². The zero-order valence-corrected chi connectivity index (χ0v) is 8.95. The predicted octanol–water partition coefficient (Wildman–Crippen LogP) is 2.21. The number of aliphatic hydroxyl groups excluding tert-OH is 1. The van der Waals surface area contributed by atoms with Crippen LogP contribution in [0, 0.1) is 0 Å². The highest BCUT2D eigenvalue weighted by molar-refractivity contribution is 5.59. The summed E-state index contributed by atoms with van der Waals surface area (Å²) < 4.78 is 0. The van der Waals surface area contributed by atoms with Gasteiger partial charge in [-0.15, -0.1) is 0 Å². The lowest BCUT2D eigenvalue weighted by Crippen LogP contribution is -2.21. The van der Waals surface area contributed by atoms with E-state index in [1.807, 2.05) is 53.4 Å². The molecule has 0 aliphatic heterocycles. The highest BCUT2D eigenvalue weighted by atomic mass is 16.3. The lowest BCUT2D eigenvalue weighted by molar-refractivity contribution is 0.305. The summed E-state index contributed by atoms with van der Waals surface area (Å²) in [4.78, 5) is 6.27. The highest BCUT2D eigenvalue weighted by Crippen LogP contribution is 2.21. The number of hydrogen-bond acceptors (Lipinski definition) is 3. The topological polar surface area (TPSA) is 36.4 Å². The molecule has 82 valence electrons. The summed E-state index contributed by atoms with van der Waals surface area (Å²) in [5.41, 5.74) is 1.04. The van der Waals surface area contributed by atoms with Gasteiger partial charge in [0, 0.05) is 18.4 Å². The van der Waals surface area contributed by atoms with E-state index in [4.69, 9.17) is 5.11 Å². The molecule has 0 spiro atoms. The number of para-hydroxylation sites is 1. The maximum absolute atomic E-state index is 9.09. The second-order valence-corrected chi connectivity index (χ2v) is 3.40. The first-order chi connectivity index (χ1) is 7.92. The fraction of sp³-hybridized carbons (Fsp3) is 0.154. The van der Waals surface area contributed by atoms with Crippen LogP contribution in [0.2, 0.25) is 0 Å². The van der Waals surface area contributed by atoms with Crippen molar-refractivity contribution in [1.29, 1.82) is 0 Å². The second kappa shape index (κ2) is 5.28. The Morgan fingerprint density at radius 3 is 2.38 bits per heavy atom. The van der Waals surface area contributed by atoms with Gasteiger partial charge in [-0.25, -0.2) is 4.98 Å². The smallest absolute Gasteiger partial charge is 0.132 e. The van der Waals surface area contributed by atoms with E-state index in [9.17, 15) is 0 Å². The van der Waals surface area contributed by atoms with Crippen molar-refractivity contribution in [2.75, 3.05) is 18.1 Å². The van der Waals surface area contributed by atoms with Crippen LogP contribution in [0.25, 0.3) is 0 Å². The maximum Gasteiger partial charge on any atom is 0.132 e. The van der Waals surface area contributed by atoms with Gasteiger partial charge in [-0.3, -0.25) is 0 Å². The Labute approximate surface area is 95.0 Å². The van der Waals surface area contributed by atoms with Crippen LogP contribution in [-0.2, 0) is 0 Å². The van der Waals surface area contributed by atoms with Crippen molar-refractivity contribution in [2.45, 2.75) is 0 Å². The predicted molar refractivity (Wildman–Crippen MR) is 64.8 cm³/mol. The third-order valence-corrected chi connectivity index (χ3v) is 2.32. The first-order valence-corrected chi connectivity index (χ1v) is 5.26. The van der Waals surface area contributed by atoms with Crippen LogP contribution in [-0.4, -0.2) is 23.2 Å². The number of hydrogen-bond donors (Lipinski definition) is 1. The molecule has 0 aliphatic carbocycles. The molecule has 0 amide bonds. The van der Waals surface area contributed by atoms with Crippen molar-refractivity contribution < 1.29 is 5.11 Å². The molecular formula is C13H14N2O. The summed E-state index contributed by atoms with van der Waals surface area (Å²) >= 11 is 0. The third-order valence-electron chi connectivity index (χ3n) is 2.32. The Morgan fingerprint density at radius 1 is 1.00 bits per heavy atom. The van der Waals surface area contributed by atoms with Gasteiger partial charge in [-0.2, -0.15) is 0 Å². The van der Waals surface area contributed by atoms with Gasteiger partial charge in [0.25, 0.3) is 0 Å². The molecule has 0 saturated heterocycles. The van der Waals surface area contributed by atoms with Crippen LogP contribution in [0.5, 0.6) is 0 Å². The van der Waals surface area contributed by atoms with Crippen molar-refractivity contribution in [3.05, 3.63) is 54.7 Å². The summed E-state index contributed by atoms with van der Waals surface area (Å²) in [5.74, 6) is 0.850. The summed E-state index contributed by atoms with van der Waals surface area (Å²) in [5, 5.41) is 9.09. The van der Waals surface area contributed by atoms with Gasteiger partial charge < -0.3 is 10.0 Å². The molecule has 0 aliphatic rings. The van der Waals surface area contributed by atoms with Gasteiger partial charge in [-0.05, 0) is 24.3 Å². The molecule has 16 heavy (non-hydrogen) atoms. The van der Waals surface area contributed by atoms with Gasteiger partial charge >= 0.3 is 0 Å². The summed E-state index contributed by atoms with van der Waals surface area (Å²) in [7, 11) is 0. The lowest BCUT2D eigenvalue weighted by Gasteiger charge is -2.22. The lowest BCUT2D eigenvalue weighted by atomic mass is 10.3. The molecule has 0 radical (unpaired) electrons. The Hall–Kier alpha value is -1.87. The van der Waals surface area contributed by atoms with Crippen LogP contribution < -0.4 is 4.90 Å². The largest absolute Gasteiger partial charge is 0.395 e. The van der Waals surface area contributed by atoms with Gasteiger partial charge in [0.05, 0.1) is 6.61 Å². The third kappa shape index (κ3) is 2.38. The van der Waals surface area contributed by atoms with Crippen LogP contribution in [0.3, 0.4) is 0 Å². The van der Waals surface area contributed by atoms with E-state index < -0.39 is 0 Å². The zero-order valence-electron chi connectivity index (χ0n) is 8.95. The van der Waals surface area contributed by atoms with E-state index >= 15 is 0 Å². The fourth-order valence-corrected chi connectivity index (χ4v) is 1.60. The molecule has 1 aromatic carbocycles. The minimum absolute atomic E-state index is 0.103. The van der Waals surface area contributed by atoms with Crippen LogP contribution in [0.4, 0.5) is 11.5 Å². The molecule has 0 atom stereocenters. The number of benzene rings is 1. The molecule has 3 nitrogen and oxygen atoms in total. The van der Waals surface area contributed by atoms with E-state index in [2.05, 4.69) is 4.98 Å². The quantitative estimate of drug-likeness (QED) is 0.847. The fourth-order valence-electron chi connectivity index (χ4n) is 1.60. The minimum atomic E-state index is 0.103. The van der Waals surface area contributed by atoms with Crippen LogP contribution >= 0.6 is 0 Å². The molecule has 0 unspecified atom stereocenters. The molecule has 1 aromatic heterocycles. The van der Waals surface area contributed by atoms with Crippen molar-refractivity contribution >= 4 is 11.5 Å². The molecule has 2 aromatic rings. The average molecular weight is 214 g/mol. The highest BCUT2D eigenvalue weighted by Gasteiger charge is 2.08. The summed E-state index contributed by atoms with van der Waals surface area (Å²) in [6.45, 7) is 0.645. The molecule has 1 heterocycles. The Balaban J connectivity index is 2.31. The van der Waals surface area contributed by atoms with E-state index in [1.165, 1.54) is 0 Å². The molecule has 0 saturated carbocycles. The van der Waals surface area contributed by atoms with Crippen molar-refractivity contribution in [1.82, 2.24) is 4.98 Å². The number of pyridine rings is 1. The molecular weight excluding hydrogens is 200 g/mol. The van der Waals surface area contributed by atoms with Gasteiger partial charge in [0.2, 0.25) is 0 Å². The maximum atomic E-state index is 9.09. The Bertz CT molecular complexity index is 377. The first kappa shape index (κ1) is 10.6. The standard InChI is InChI=1S/C13H14N2O/c16-11-10-15(12-6-2-1-3-7-12)13-8-4-5-9-14-13/h1-9,16H,10-11H2. The summed E-state index contributed by atoms with van der Waals surface area (Å²) in [6.07, 6.45) is 1.75. The van der Waals surface area contributed by atoms with Crippen LogP contribution in [0.15, 0.2) is 54.7 Å². The average Bonchev–Trinajstić information content (AvgIpc) is 2.38. The zero-order chi connectivity index (χ0) is 11.2. The van der Waals surface area contributed by atoms with Crippen LogP contribution in [0.1, 0.15) is 0 Å². The number of anilines is 2. The summed E-state index contributed by atoms with van der Waals surface area (Å²) in [6, 6.07) is 15.7. The molecule has 0 bridgehead atoms. The van der Waals surface area contributed by atoms with E-state index in [1.54, 1.807) is 6.20 Å².